The van der Waals surface area contributed by atoms with Crippen molar-refractivity contribution in [1.82, 2.24) is 14.5 Å². The molecule has 8 heteroatoms. The summed E-state index contributed by atoms with van der Waals surface area (Å²) in [6, 6.07) is 0. The van der Waals surface area contributed by atoms with Crippen LogP contribution in [0.5, 0.6) is 0 Å². The van der Waals surface area contributed by atoms with Crippen LogP contribution in [0.4, 0.5) is 0 Å². The van der Waals surface area contributed by atoms with E-state index in [2.05, 4.69) is 5.32 Å². The highest BCUT2D eigenvalue weighted by Gasteiger charge is 2.32. The van der Waals surface area contributed by atoms with Crippen LogP contribution in [0.3, 0.4) is 0 Å². The monoisotopic (exact) mass is 351 g/mol. The highest BCUT2D eigenvalue weighted by molar-refractivity contribution is 7.89. The number of hydrogen-bond acceptors (Lipinski definition) is 4. The maximum absolute atomic E-state index is 12.3. The minimum atomic E-state index is -3.08. The summed E-state index contributed by atoms with van der Waals surface area (Å²) in [7, 11) is -3.08. The third-order valence-electron chi connectivity index (χ3n) is 5.15. The van der Waals surface area contributed by atoms with Crippen molar-refractivity contribution in [2.75, 3.05) is 45.0 Å². The van der Waals surface area contributed by atoms with Gasteiger partial charge in [0.25, 0.3) is 0 Å². The van der Waals surface area contributed by atoms with Crippen LogP contribution in [0.15, 0.2) is 0 Å². The zero-order chi connectivity index (χ0) is 14.9. The van der Waals surface area contributed by atoms with Crippen molar-refractivity contribution in [3.8, 4) is 0 Å². The summed E-state index contributed by atoms with van der Waals surface area (Å²) in [5.41, 5.74) is 0. The molecule has 2 atom stereocenters. The molecule has 3 heterocycles. The second-order valence-electron chi connectivity index (χ2n) is 6.46. The second-order valence-corrected chi connectivity index (χ2v) is 8.54. The van der Waals surface area contributed by atoms with Gasteiger partial charge in [0.2, 0.25) is 15.9 Å². The Morgan fingerprint density at radius 2 is 1.73 bits per heavy atom. The predicted molar refractivity (Wildman–Crippen MR) is 87.5 cm³/mol. The number of hydrogen-bond donors (Lipinski definition) is 1. The molecule has 0 unspecified atom stereocenters. The van der Waals surface area contributed by atoms with E-state index in [1.54, 1.807) is 0 Å². The van der Waals surface area contributed by atoms with Gasteiger partial charge >= 0.3 is 0 Å². The lowest BCUT2D eigenvalue weighted by molar-refractivity contribution is -0.131. The fourth-order valence-corrected chi connectivity index (χ4v) is 5.32. The Bertz CT molecular complexity index is 486. The lowest BCUT2D eigenvalue weighted by Crippen LogP contribution is -2.36. The number of halogens is 1. The van der Waals surface area contributed by atoms with Crippen LogP contribution in [-0.4, -0.2) is 68.6 Å². The third-order valence-corrected chi connectivity index (χ3v) is 7.11. The van der Waals surface area contributed by atoms with E-state index in [1.807, 2.05) is 4.90 Å². The number of carbonyl (C=O) groups is 1. The first-order chi connectivity index (χ1) is 10.1. The molecule has 0 saturated carbocycles. The number of sulfonamides is 1. The minimum absolute atomic E-state index is 0. The van der Waals surface area contributed by atoms with Crippen molar-refractivity contribution in [2.45, 2.75) is 25.7 Å². The SMILES string of the molecule is Cl.O=C(CCN1CCCS1(=O)=O)N1CC[C@@H]2CNC[C@@H]2CC1. The average Bonchev–Trinajstić information content (AvgIpc) is 2.97. The van der Waals surface area contributed by atoms with E-state index in [-0.39, 0.29) is 24.1 Å². The van der Waals surface area contributed by atoms with Crippen LogP contribution in [-0.2, 0) is 14.8 Å². The number of likely N-dealkylation sites (tertiary alicyclic amines) is 1. The minimum Gasteiger partial charge on any atom is -0.343 e. The van der Waals surface area contributed by atoms with E-state index in [4.69, 9.17) is 0 Å². The molecule has 22 heavy (non-hydrogen) atoms. The van der Waals surface area contributed by atoms with Crippen LogP contribution in [0.25, 0.3) is 0 Å². The standard InChI is InChI=1S/C14H25N3O3S.ClH/c18-14(4-8-17-5-1-9-21(17,19)20)16-6-2-12-10-15-11-13(12)3-7-16;/h12-13,15H,1-11H2;1H/t12-,13+;. The van der Waals surface area contributed by atoms with Gasteiger partial charge in [0.15, 0.2) is 0 Å². The predicted octanol–water partition coefficient (Wildman–Crippen LogP) is 0.292. The zero-order valence-electron chi connectivity index (χ0n) is 12.9. The molecule has 1 N–H and O–H groups in total. The van der Waals surface area contributed by atoms with Gasteiger partial charge in [-0.1, -0.05) is 0 Å². The highest BCUT2D eigenvalue weighted by Crippen LogP contribution is 2.27. The second kappa shape index (κ2) is 7.47. The smallest absolute Gasteiger partial charge is 0.223 e. The molecule has 0 bridgehead atoms. The normalized spacial score (nSPS) is 31.4. The van der Waals surface area contributed by atoms with Gasteiger partial charge < -0.3 is 10.2 Å². The molecular formula is C14H26ClN3O3S. The quantitative estimate of drug-likeness (QED) is 0.793. The van der Waals surface area contributed by atoms with Gasteiger partial charge in [-0.2, -0.15) is 0 Å². The number of amides is 1. The first-order valence-electron chi connectivity index (χ1n) is 8.02. The Kier molecular flexibility index (Phi) is 6.10. The lowest BCUT2D eigenvalue weighted by Gasteiger charge is -2.22. The van der Waals surface area contributed by atoms with Crippen molar-refractivity contribution in [3.05, 3.63) is 0 Å². The summed E-state index contributed by atoms with van der Waals surface area (Å²) in [5, 5.41) is 3.43. The van der Waals surface area contributed by atoms with E-state index in [0.29, 0.717) is 37.8 Å². The molecule has 0 aliphatic carbocycles. The highest BCUT2D eigenvalue weighted by atomic mass is 35.5. The summed E-state index contributed by atoms with van der Waals surface area (Å²) in [6.45, 7) is 4.75. The molecule has 3 rings (SSSR count). The molecule has 0 aromatic rings. The van der Waals surface area contributed by atoms with Gasteiger partial charge in [0, 0.05) is 32.6 Å². The van der Waals surface area contributed by atoms with Crippen molar-refractivity contribution in [2.24, 2.45) is 11.8 Å². The fraction of sp³-hybridized carbons (Fsp3) is 0.929. The van der Waals surface area contributed by atoms with E-state index in [1.165, 1.54) is 4.31 Å². The number of nitrogens with one attached hydrogen (secondary N) is 1. The molecule has 1 amide bonds. The maximum atomic E-state index is 12.3. The Hall–Kier alpha value is -0.370. The molecule has 0 aromatic carbocycles. The van der Waals surface area contributed by atoms with Gasteiger partial charge in [0.1, 0.15) is 0 Å². The molecular weight excluding hydrogens is 326 g/mol. The Labute approximate surface area is 139 Å². The van der Waals surface area contributed by atoms with Gasteiger partial charge in [-0.15, -0.1) is 12.4 Å². The van der Waals surface area contributed by atoms with Gasteiger partial charge in [-0.3, -0.25) is 4.79 Å². The summed E-state index contributed by atoms with van der Waals surface area (Å²) < 4.78 is 24.9. The van der Waals surface area contributed by atoms with Gasteiger partial charge in [0.05, 0.1) is 5.75 Å². The van der Waals surface area contributed by atoms with Gasteiger partial charge in [-0.25, -0.2) is 12.7 Å². The van der Waals surface area contributed by atoms with E-state index in [0.717, 1.165) is 39.0 Å². The molecule has 3 saturated heterocycles. The third kappa shape index (κ3) is 3.93. The van der Waals surface area contributed by atoms with Crippen molar-refractivity contribution in [3.63, 3.8) is 0 Å². The van der Waals surface area contributed by atoms with E-state index in [9.17, 15) is 13.2 Å². The van der Waals surface area contributed by atoms with Crippen molar-refractivity contribution < 1.29 is 13.2 Å². The lowest BCUT2D eigenvalue weighted by atomic mass is 9.92. The molecule has 0 aromatic heterocycles. The number of carbonyl (C=O) groups excluding carboxylic acids is 1. The van der Waals surface area contributed by atoms with Gasteiger partial charge in [-0.05, 0) is 44.2 Å². The van der Waals surface area contributed by atoms with Crippen LogP contribution >= 0.6 is 12.4 Å². The van der Waals surface area contributed by atoms with E-state index >= 15 is 0 Å². The molecule has 3 aliphatic heterocycles. The Balaban J connectivity index is 0.00000176. The van der Waals surface area contributed by atoms with E-state index < -0.39 is 10.0 Å². The summed E-state index contributed by atoms with van der Waals surface area (Å²) in [5.74, 6) is 1.77. The largest absolute Gasteiger partial charge is 0.343 e. The first-order valence-corrected chi connectivity index (χ1v) is 9.63. The Morgan fingerprint density at radius 3 is 2.27 bits per heavy atom. The Morgan fingerprint density at radius 1 is 1.09 bits per heavy atom. The summed E-state index contributed by atoms with van der Waals surface area (Å²) in [6.07, 6.45) is 3.17. The summed E-state index contributed by atoms with van der Waals surface area (Å²) in [4.78, 5) is 14.3. The molecule has 0 spiro atoms. The molecule has 128 valence electrons. The van der Waals surface area contributed by atoms with Crippen molar-refractivity contribution >= 4 is 28.3 Å². The van der Waals surface area contributed by atoms with Crippen LogP contribution < -0.4 is 5.32 Å². The topological polar surface area (TPSA) is 69.7 Å². The number of fused-ring (bicyclic) bond motifs is 1. The number of rotatable bonds is 3. The number of nitrogens with zero attached hydrogens (tertiary/aromatic N) is 2. The molecule has 3 fully saturated rings. The summed E-state index contributed by atoms with van der Waals surface area (Å²) >= 11 is 0. The molecule has 6 nitrogen and oxygen atoms in total. The molecule has 3 aliphatic rings. The maximum Gasteiger partial charge on any atom is 0.223 e. The molecule has 0 radical (unpaired) electrons. The van der Waals surface area contributed by atoms with Crippen LogP contribution in [0.1, 0.15) is 25.7 Å². The fourth-order valence-electron chi connectivity index (χ4n) is 3.79. The van der Waals surface area contributed by atoms with Crippen LogP contribution in [0.2, 0.25) is 0 Å². The van der Waals surface area contributed by atoms with Crippen LogP contribution in [0, 0.1) is 11.8 Å². The zero-order valence-corrected chi connectivity index (χ0v) is 14.5. The average molecular weight is 352 g/mol. The van der Waals surface area contributed by atoms with Crippen molar-refractivity contribution in [1.29, 1.82) is 0 Å². The first kappa shape index (κ1) is 18.0.